The number of hydrogen-bond donors (Lipinski definition) is 0. The minimum absolute atomic E-state index is 0.352. The fraction of sp³-hybridized carbons (Fsp3) is 1.00. The predicted octanol–water partition coefficient (Wildman–Crippen LogP) is 1.69. The van der Waals surface area contributed by atoms with E-state index in [1.807, 2.05) is 6.92 Å². The summed E-state index contributed by atoms with van der Waals surface area (Å²) in [5.41, 5.74) is 0. The quantitative estimate of drug-likeness (QED) is 0.612. The molecule has 0 radical (unpaired) electrons. The van der Waals surface area contributed by atoms with Crippen LogP contribution in [0.25, 0.3) is 0 Å². The topological polar surface area (TPSA) is 40.1 Å². The Hall–Kier alpha value is 0.110. The first-order valence-corrected chi connectivity index (χ1v) is 5.50. The van der Waals surface area contributed by atoms with Crippen molar-refractivity contribution >= 4 is 11.1 Å². The van der Waals surface area contributed by atoms with Gasteiger partial charge in [-0.15, -0.1) is 0 Å². The van der Waals surface area contributed by atoms with Crippen molar-refractivity contribution in [3.63, 3.8) is 0 Å². The van der Waals surface area contributed by atoms with Crippen LogP contribution >= 0.6 is 0 Å². The molecular weight excluding hydrogens is 160 g/mol. The lowest BCUT2D eigenvalue weighted by molar-refractivity contribution is 0.391. The Morgan fingerprint density at radius 2 is 2.09 bits per heavy atom. The molecule has 0 heterocycles. The summed E-state index contributed by atoms with van der Waals surface area (Å²) >= 11 is -1.84. The highest BCUT2D eigenvalue weighted by atomic mass is 32.2. The van der Waals surface area contributed by atoms with Gasteiger partial charge in [0.25, 0.3) is 0 Å². The molecule has 0 aromatic rings. The zero-order valence-corrected chi connectivity index (χ0v) is 7.73. The van der Waals surface area contributed by atoms with Crippen LogP contribution < -0.4 is 0 Å². The first-order chi connectivity index (χ1) is 5.20. The van der Waals surface area contributed by atoms with Gasteiger partial charge in [0.1, 0.15) is 0 Å². The van der Waals surface area contributed by atoms with Crippen LogP contribution in [0.15, 0.2) is 0 Å². The minimum Gasteiger partial charge on any atom is -0.772 e. The summed E-state index contributed by atoms with van der Waals surface area (Å²) in [5, 5.41) is 0. The van der Waals surface area contributed by atoms with Crippen LogP contribution in [-0.4, -0.2) is 14.5 Å². The summed E-state index contributed by atoms with van der Waals surface area (Å²) in [6.07, 6.45) is 5.05. The molecule has 0 bridgehead atoms. The summed E-state index contributed by atoms with van der Waals surface area (Å²) < 4.78 is 20.7. The van der Waals surface area contributed by atoms with Crippen LogP contribution in [0.1, 0.15) is 32.6 Å². The van der Waals surface area contributed by atoms with E-state index in [0.717, 1.165) is 0 Å². The maximum Gasteiger partial charge on any atom is 0.0130 e. The molecule has 1 fully saturated rings. The highest BCUT2D eigenvalue weighted by Gasteiger charge is 2.20. The fourth-order valence-electron chi connectivity index (χ4n) is 1.88. The van der Waals surface area contributed by atoms with Crippen LogP contribution in [0.5, 0.6) is 0 Å². The number of hydrogen-bond acceptors (Lipinski definition) is 2. The van der Waals surface area contributed by atoms with Gasteiger partial charge in [0.15, 0.2) is 0 Å². The normalized spacial score (nSPS) is 25.3. The van der Waals surface area contributed by atoms with Crippen molar-refractivity contribution in [1.29, 1.82) is 0 Å². The third-order valence-electron chi connectivity index (χ3n) is 2.60. The van der Waals surface area contributed by atoms with Gasteiger partial charge in [-0.05, 0) is 11.8 Å². The Morgan fingerprint density at radius 3 is 2.55 bits per heavy atom. The maximum atomic E-state index is 10.4. The molecule has 1 rings (SSSR count). The first-order valence-electron chi connectivity index (χ1n) is 4.26. The van der Waals surface area contributed by atoms with Crippen molar-refractivity contribution in [2.75, 3.05) is 5.75 Å². The van der Waals surface area contributed by atoms with Crippen LogP contribution in [0.3, 0.4) is 0 Å². The second-order valence-corrected chi connectivity index (χ2v) is 4.43. The van der Waals surface area contributed by atoms with Crippen LogP contribution in [-0.2, 0) is 11.1 Å². The van der Waals surface area contributed by atoms with Gasteiger partial charge in [-0.3, -0.25) is 4.21 Å². The molecular formula is C8H15O2S-. The summed E-state index contributed by atoms with van der Waals surface area (Å²) in [6, 6.07) is 0. The Balaban J connectivity index is 2.28. The van der Waals surface area contributed by atoms with Gasteiger partial charge >= 0.3 is 0 Å². The highest BCUT2D eigenvalue weighted by molar-refractivity contribution is 7.79. The molecule has 2 nitrogen and oxygen atoms in total. The SMILES string of the molecule is CC(CS(=O)[O-])C1CCCC1. The van der Waals surface area contributed by atoms with Gasteiger partial charge in [0.2, 0.25) is 0 Å². The van der Waals surface area contributed by atoms with Crippen molar-refractivity contribution in [2.24, 2.45) is 11.8 Å². The van der Waals surface area contributed by atoms with Crippen molar-refractivity contribution in [1.82, 2.24) is 0 Å². The van der Waals surface area contributed by atoms with Crippen molar-refractivity contribution in [2.45, 2.75) is 32.6 Å². The van der Waals surface area contributed by atoms with E-state index in [4.69, 9.17) is 0 Å². The van der Waals surface area contributed by atoms with Crippen molar-refractivity contribution in [3.05, 3.63) is 0 Å². The lowest BCUT2D eigenvalue weighted by atomic mass is 9.94. The van der Waals surface area contributed by atoms with Crippen molar-refractivity contribution < 1.29 is 8.76 Å². The molecule has 11 heavy (non-hydrogen) atoms. The average molecular weight is 175 g/mol. The van der Waals surface area contributed by atoms with E-state index < -0.39 is 11.1 Å². The molecule has 1 aliphatic rings. The molecule has 1 saturated carbocycles. The molecule has 1 aliphatic carbocycles. The van der Waals surface area contributed by atoms with Gasteiger partial charge in [-0.1, -0.05) is 43.7 Å². The molecule has 0 N–H and O–H groups in total. The summed E-state index contributed by atoms with van der Waals surface area (Å²) in [5.74, 6) is 1.40. The van der Waals surface area contributed by atoms with E-state index in [0.29, 0.717) is 17.6 Å². The molecule has 2 atom stereocenters. The highest BCUT2D eigenvalue weighted by Crippen LogP contribution is 2.31. The third kappa shape index (κ3) is 2.91. The van der Waals surface area contributed by atoms with Gasteiger partial charge < -0.3 is 4.55 Å². The Bertz CT molecular complexity index is 141. The van der Waals surface area contributed by atoms with Gasteiger partial charge in [-0.2, -0.15) is 0 Å². The largest absolute Gasteiger partial charge is 0.772 e. The second kappa shape index (κ2) is 4.21. The Labute approximate surface area is 70.7 Å². The summed E-state index contributed by atoms with van der Waals surface area (Å²) in [4.78, 5) is 0. The van der Waals surface area contributed by atoms with E-state index in [2.05, 4.69) is 0 Å². The van der Waals surface area contributed by atoms with E-state index in [1.54, 1.807) is 0 Å². The molecule has 66 valence electrons. The van der Waals surface area contributed by atoms with Crippen molar-refractivity contribution in [3.8, 4) is 0 Å². The fourth-order valence-corrected chi connectivity index (χ4v) is 2.58. The van der Waals surface area contributed by atoms with Gasteiger partial charge in [-0.25, -0.2) is 0 Å². The van der Waals surface area contributed by atoms with Gasteiger partial charge in [0, 0.05) is 5.75 Å². The monoisotopic (exact) mass is 175 g/mol. The standard InChI is InChI=1S/C8H16O2S/c1-7(6-11(9)10)8-4-2-3-5-8/h7-8H,2-6H2,1H3,(H,9,10)/p-1. The summed E-state index contributed by atoms with van der Waals surface area (Å²) in [6.45, 7) is 2.05. The lowest BCUT2D eigenvalue weighted by Crippen LogP contribution is -2.15. The molecule has 2 unspecified atom stereocenters. The molecule has 0 spiro atoms. The molecule has 0 aliphatic heterocycles. The minimum atomic E-state index is -1.84. The molecule has 0 aromatic heterocycles. The lowest BCUT2D eigenvalue weighted by Gasteiger charge is -2.19. The van der Waals surface area contributed by atoms with Crippen LogP contribution in [0.4, 0.5) is 0 Å². The molecule has 0 amide bonds. The smallest absolute Gasteiger partial charge is 0.0130 e. The zero-order chi connectivity index (χ0) is 8.27. The van der Waals surface area contributed by atoms with E-state index >= 15 is 0 Å². The van der Waals surface area contributed by atoms with Crippen LogP contribution in [0, 0.1) is 11.8 Å². The third-order valence-corrected chi connectivity index (χ3v) is 3.40. The predicted molar refractivity (Wildman–Crippen MR) is 44.9 cm³/mol. The Morgan fingerprint density at radius 1 is 1.55 bits per heavy atom. The maximum absolute atomic E-state index is 10.4. The van der Waals surface area contributed by atoms with Gasteiger partial charge in [0.05, 0.1) is 0 Å². The van der Waals surface area contributed by atoms with E-state index in [-0.39, 0.29) is 0 Å². The van der Waals surface area contributed by atoms with E-state index in [9.17, 15) is 8.76 Å². The zero-order valence-electron chi connectivity index (χ0n) is 6.91. The molecule has 0 aromatic carbocycles. The molecule has 0 saturated heterocycles. The Kier molecular flexibility index (Phi) is 3.52. The van der Waals surface area contributed by atoms with Crippen LogP contribution in [0.2, 0.25) is 0 Å². The number of rotatable bonds is 3. The molecule has 3 heteroatoms. The first kappa shape index (κ1) is 9.20. The average Bonchev–Trinajstić information content (AvgIpc) is 2.35. The second-order valence-electron chi connectivity index (χ2n) is 3.49. The summed E-state index contributed by atoms with van der Waals surface area (Å²) in [7, 11) is 0. The van der Waals surface area contributed by atoms with E-state index in [1.165, 1.54) is 25.7 Å².